The van der Waals surface area contributed by atoms with Crippen LogP contribution in [0.15, 0.2) is 103 Å². The van der Waals surface area contributed by atoms with Gasteiger partial charge in [-0.05, 0) is 16.3 Å². The zero-order valence-corrected chi connectivity index (χ0v) is 22.8. The van der Waals surface area contributed by atoms with Gasteiger partial charge in [0.25, 0.3) is 0 Å². The van der Waals surface area contributed by atoms with E-state index in [-0.39, 0.29) is 16.7 Å². The number of carboxylic acid groups (broad SMARTS) is 1. The molecule has 0 saturated heterocycles. The topological polar surface area (TPSA) is 101 Å². The minimum absolute atomic E-state index is 0.0927. The van der Waals surface area contributed by atoms with Crippen molar-refractivity contribution >= 4 is 56.4 Å². The molecule has 0 bridgehead atoms. The van der Waals surface area contributed by atoms with Crippen LogP contribution in [0.1, 0.15) is 33.2 Å². The lowest BCUT2D eigenvalue weighted by atomic mass is 10.0. The van der Waals surface area contributed by atoms with E-state index in [0.29, 0.717) is 11.1 Å². The van der Waals surface area contributed by atoms with Crippen LogP contribution in [0.4, 0.5) is 0 Å². The molecular formula is C31H27NO5S2. The van der Waals surface area contributed by atoms with Crippen LogP contribution in [0.3, 0.4) is 0 Å². The Morgan fingerprint density at radius 2 is 1.23 bits per heavy atom. The monoisotopic (exact) mass is 557 g/mol. The maximum Gasteiger partial charge on any atom is 0.326 e. The van der Waals surface area contributed by atoms with E-state index >= 15 is 0 Å². The highest BCUT2D eigenvalue weighted by Gasteiger charge is 2.33. The van der Waals surface area contributed by atoms with Gasteiger partial charge in [0.15, 0.2) is 0 Å². The number of fused-ring (bicyclic) bond motifs is 1. The first-order chi connectivity index (χ1) is 18.8. The van der Waals surface area contributed by atoms with Crippen LogP contribution in [0.5, 0.6) is 0 Å². The second-order valence-corrected chi connectivity index (χ2v) is 11.5. The highest BCUT2D eigenvalue weighted by atomic mass is 32.2. The predicted molar refractivity (Wildman–Crippen MR) is 157 cm³/mol. The minimum Gasteiger partial charge on any atom is -0.480 e. The first-order valence-corrected chi connectivity index (χ1v) is 14.1. The maximum absolute atomic E-state index is 13.3. The van der Waals surface area contributed by atoms with Crippen molar-refractivity contribution < 1.29 is 24.3 Å². The smallest absolute Gasteiger partial charge is 0.326 e. The summed E-state index contributed by atoms with van der Waals surface area (Å²) in [6, 6.07) is 29.5. The van der Waals surface area contributed by atoms with E-state index in [1.807, 2.05) is 42.5 Å². The van der Waals surface area contributed by atoms with Gasteiger partial charge in [0.2, 0.25) is 16.1 Å². The third-order valence-corrected chi connectivity index (χ3v) is 8.91. The molecule has 2 unspecified atom stereocenters. The number of nitrogens with one attached hydrogen (secondary N) is 1. The Labute approximate surface area is 235 Å². The van der Waals surface area contributed by atoms with Crippen LogP contribution in [0.25, 0.3) is 10.8 Å². The second-order valence-electron chi connectivity index (χ2n) is 8.98. The molecule has 39 heavy (non-hydrogen) atoms. The Hall–Kier alpha value is -3.88. The van der Waals surface area contributed by atoms with Gasteiger partial charge in [-0.15, -0.1) is 0 Å². The molecule has 4 aromatic rings. The van der Waals surface area contributed by atoms with Gasteiger partial charge < -0.3 is 10.4 Å². The molecule has 198 valence electrons. The van der Waals surface area contributed by atoms with E-state index in [1.165, 1.54) is 0 Å². The molecule has 0 aliphatic carbocycles. The van der Waals surface area contributed by atoms with Gasteiger partial charge in [-0.3, -0.25) is 14.4 Å². The molecule has 4 aromatic carbocycles. The molecule has 6 nitrogen and oxygen atoms in total. The number of benzene rings is 4. The summed E-state index contributed by atoms with van der Waals surface area (Å²) in [5, 5.41) is 14.0. The Balaban J connectivity index is 1.51. The molecule has 0 aliphatic heterocycles. The van der Waals surface area contributed by atoms with Crippen molar-refractivity contribution in [2.75, 3.05) is 0 Å². The van der Waals surface area contributed by atoms with Gasteiger partial charge in [-0.25, -0.2) is 4.79 Å². The number of rotatable bonds is 10. The molecule has 0 fully saturated rings. The lowest BCUT2D eigenvalue weighted by Gasteiger charge is -2.23. The minimum atomic E-state index is -1.17. The molecular weight excluding hydrogens is 530 g/mol. The molecule has 0 aliphatic rings. The quantitative estimate of drug-likeness (QED) is 0.229. The van der Waals surface area contributed by atoms with Gasteiger partial charge >= 0.3 is 5.97 Å². The number of hydrogen-bond donors (Lipinski definition) is 2. The van der Waals surface area contributed by atoms with Crippen LogP contribution in [0.2, 0.25) is 0 Å². The van der Waals surface area contributed by atoms with Crippen LogP contribution in [-0.4, -0.2) is 37.8 Å². The van der Waals surface area contributed by atoms with Gasteiger partial charge in [-0.1, -0.05) is 134 Å². The molecule has 0 heterocycles. The van der Waals surface area contributed by atoms with Crippen LogP contribution in [-0.2, 0) is 16.0 Å². The third-order valence-electron chi connectivity index (χ3n) is 6.16. The number of carboxylic acids is 1. The summed E-state index contributed by atoms with van der Waals surface area (Å²) in [5.74, 6) is -2.56. The Bertz CT molecular complexity index is 1420. The number of hydrogen-bond acceptors (Lipinski definition) is 6. The molecule has 1 amide bonds. The molecule has 0 radical (unpaired) electrons. The van der Waals surface area contributed by atoms with E-state index in [4.69, 9.17) is 0 Å². The summed E-state index contributed by atoms with van der Waals surface area (Å²) in [6.45, 7) is 1.60. The molecule has 2 atom stereocenters. The fourth-order valence-corrected chi connectivity index (χ4v) is 6.29. The highest BCUT2D eigenvalue weighted by molar-refractivity contribution is 8.30. The zero-order chi connectivity index (χ0) is 27.8. The van der Waals surface area contributed by atoms with E-state index in [1.54, 1.807) is 67.6 Å². The third kappa shape index (κ3) is 7.59. The largest absolute Gasteiger partial charge is 0.480 e. The van der Waals surface area contributed by atoms with Crippen LogP contribution >= 0.6 is 23.5 Å². The number of carbonyl (C=O) groups is 4. The molecule has 4 rings (SSSR count). The fraction of sp³-hybridized carbons (Fsp3) is 0.161. The number of aliphatic carboxylic acids is 1. The average molecular weight is 558 g/mol. The van der Waals surface area contributed by atoms with Crippen molar-refractivity contribution in [2.24, 2.45) is 5.92 Å². The number of amides is 1. The van der Waals surface area contributed by atoms with Crippen molar-refractivity contribution in [3.8, 4) is 0 Å². The van der Waals surface area contributed by atoms with Gasteiger partial charge in [0.05, 0.1) is 10.5 Å². The fourth-order valence-electron chi connectivity index (χ4n) is 3.95. The summed E-state index contributed by atoms with van der Waals surface area (Å²) in [5.41, 5.74) is 1.67. The summed E-state index contributed by atoms with van der Waals surface area (Å²) in [7, 11) is 0. The molecule has 0 spiro atoms. The summed E-state index contributed by atoms with van der Waals surface area (Å²) in [4.78, 5) is 51.4. The molecule has 0 aromatic heterocycles. The summed E-state index contributed by atoms with van der Waals surface area (Å²) in [6.07, 6.45) is 0.0927. The van der Waals surface area contributed by atoms with Crippen molar-refractivity contribution in [1.82, 2.24) is 5.32 Å². The standard InChI is InChI=1S/C31H27NO5S2/c1-20(27(33)32-26(28(34)35)19-21-16-17-22-10-8-9-15-25(22)18-21)31(38-29(36)23-11-4-2-5-12-23)39-30(37)24-13-6-3-7-14-24/h2-18,20,26,31H,19H2,1H3,(H,32,33)(H,34,35). The number of carbonyl (C=O) groups excluding carboxylic acids is 3. The first kappa shape index (κ1) is 28.1. The lowest BCUT2D eigenvalue weighted by Crippen LogP contribution is -2.46. The van der Waals surface area contributed by atoms with Crippen LogP contribution in [0, 0.1) is 5.92 Å². The Morgan fingerprint density at radius 3 is 1.77 bits per heavy atom. The van der Waals surface area contributed by atoms with Crippen molar-refractivity contribution in [3.05, 3.63) is 120 Å². The van der Waals surface area contributed by atoms with Gasteiger partial charge in [-0.2, -0.15) is 0 Å². The SMILES string of the molecule is CC(C(=O)NC(Cc1ccc2ccccc2c1)C(=O)O)C(SC(=O)c1ccccc1)SC(=O)c1ccccc1. The Morgan fingerprint density at radius 1 is 0.718 bits per heavy atom. The first-order valence-electron chi connectivity index (χ1n) is 12.3. The van der Waals surface area contributed by atoms with E-state index < -0.39 is 28.4 Å². The normalized spacial score (nSPS) is 12.6. The highest BCUT2D eigenvalue weighted by Crippen LogP contribution is 2.35. The van der Waals surface area contributed by atoms with Crippen LogP contribution < -0.4 is 5.32 Å². The van der Waals surface area contributed by atoms with Gasteiger partial charge in [0.1, 0.15) is 6.04 Å². The molecule has 2 N–H and O–H groups in total. The van der Waals surface area contributed by atoms with Crippen molar-refractivity contribution in [3.63, 3.8) is 0 Å². The average Bonchev–Trinajstić information content (AvgIpc) is 2.96. The predicted octanol–water partition coefficient (Wildman–Crippen LogP) is 6.06. The van der Waals surface area contributed by atoms with E-state index in [0.717, 1.165) is 39.9 Å². The van der Waals surface area contributed by atoms with Crippen molar-refractivity contribution in [1.29, 1.82) is 0 Å². The second kappa shape index (κ2) is 13.3. The zero-order valence-electron chi connectivity index (χ0n) is 21.2. The lowest BCUT2D eigenvalue weighted by molar-refractivity contribution is -0.142. The van der Waals surface area contributed by atoms with Crippen molar-refractivity contribution in [2.45, 2.75) is 24.0 Å². The molecule has 0 saturated carbocycles. The summed E-state index contributed by atoms with van der Waals surface area (Å²) >= 11 is 1.79. The van der Waals surface area contributed by atoms with E-state index in [2.05, 4.69) is 5.32 Å². The Kier molecular flexibility index (Phi) is 9.57. The van der Waals surface area contributed by atoms with E-state index in [9.17, 15) is 24.3 Å². The van der Waals surface area contributed by atoms with Gasteiger partial charge in [0, 0.05) is 17.5 Å². The molecule has 8 heteroatoms. The summed E-state index contributed by atoms with van der Waals surface area (Å²) < 4.78 is -0.777. The maximum atomic E-state index is 13.3. The number of thioether (sulfide) groups is 2.